The Morgan fingerprint density at radius 2 is 1.89 bits per heavy atom. The Morgan fingerprint density at radius 1 is 1.26 bits per heavy atom. The van der Waals surface area contributed by atoms with E-state index in [4.69, 9.17) is 4.74 Å². The predicted octanol–water partition coefficient (Wildman–Crippen LogP) is 0.886. The Morgan fingerprint density at radius 3 is 2.47 bits per heavy atom. The molecule has 3 N–H and O–H groups in total. The number of ether oxygens (including phenoxy) is 1. The zero-order valence-electron chi connectivity index (χ0n) is 10.9. The van der Waals surface area contributed by atoms with Crippen LogP contribution in [-0.4, -0.2) is 42.9 Å². The molecule has 0 spiro atoms. The molecule has 0 bridgehead atoms. The van der Waals surface area contributed by atoms with Gasteiger partial charge in [-0.15, -0.1) is 0 Å². The number of amides is 2. The minimum absolute atomic E-state index is 0.135. The normalized spacial score (nSPS) is 22.1. The second kappa shape index (κ2) is 6.06. The average molecular weight is 268 g/mol. The molecule has 0 radical (unpaired) electrons. The van der Waals surface area contributed by atoms with E-state index in [1.54, 1.807) is 0 Å². The fourth-order valence-electron chi connectivity index (χ4n) is 2.45. The Kier molecular flexibility index (Phi) is 4.42. The number of carboxylic acids is 1. The first-order chi connectivity index (χ1) is 9.12. The number of hydrogen-bond acceptors (Lipinski definition) is 3. The molecule has 1 saturated heterocycles. The molecule has 6 nitrogen and oxygen atoms in total. The maximum absolute atomic E-state index is 11.7. The SMILES string of the molecule is O=C(NCC1(C(=O)O)CCOCC1)NC1CC=CC1. The number of carbonyl (C=O) groups excluding carboxylic acids is 1. The van der Waals surface area contributed by atoms with Gasteiger partial charge >= 0.3 is 12.0 Å². The van der Waals surface area contributed by atoms with Crippen molar-refractivity contribution in [3.8, 4) is 0 Å². The zero-order valence-corrected chi connectivity index (χ0v) is 10.9. The number of rotatable bonds is 4. The summed E-state index contributed by atoms with van der Waals surface area (Å²) in [6.07, 6.45) is 6.61. The Labute approximate surface area is 112 Å². The quantitative estimate of drug-likeness (QED) is 0.661. The number of carboxylic acid groups (broad SMARTS) is 1. The standard InChI is InChI=1S/C13H20N2O4/c16-11(17)13(5-7-19-8-6-13)9-14-12(18)15-10-3-1-2-4-10/h1-2,10H,3-9H2,(H,16,17)(H2,14,15,18). The van der Waals surface area contributed by atoms with Crippen molar-refractivity contribution < 1.29 is 19.4 Å². The van der Waals surface area contributed by atoms with E-state index in [9.17, 15) is 14.7 Å². The van der Waals surface area contributed by atoms with Crippen LogP contribution in [0.1, 0.15) is 25.7 Å². The van der Waals surface area contributed by atoms with Crippen LogP contribution in [0.15, 0.2) is 12.2 Å². The first-order valence-corrected chi connectivity index (χ1v) is 6.63. The summed E-state index contributed by atoms with van der Waals surface area (Å²) in [5.74, 6) is -0.862. The molecule has 0 saturated carbocycles. The van der Waals surface area contributed by atoms with Gasteiger partial charge in [0.25, 0.3) is 0 Å². The molecule has 2 rings (SSSR count). The van der Waals surface area contributed by atoms with Gasteiger partial charge in [0.2, 0.25) is 0 Å². The lowest BCUT2D eigenvalue weighted by Gasteiger charge is -2.33. The fourth-order valence-corrected chi connectivity index (χ4v) is 2.45. The van der Waals surface area contributed by atoms with E-state index < -0.39 is 11.4 Å². The monoisotopic (exact) mass is 268 g/mol. The van der Waals surface area contributed by atoms with Gasteiger partial charge in [0.15, 0.2) is 0 Å². The van der Waals surface area contributed by atoms with E-state index in [0.29, 0.717) is 26.1 Å². The number of urea groups is 1. The summed E-state index contributed by atoms with van der Waals surface area (Å²) in [6.45, 7) is 1.02. The van der Waals surface area contributed by atoms with E-state index in [1.165, 1.54) is 0 Å². The van der Waals surface area contributed by atoms with Gasteiger partial charge in [-0.3, -0.25) is 4.79 Å². The summed E-state index contributed by atoms with van der Waals surface area (Å²) in [4.78, 5) is 23.1. The molecule has 0 aromatic heterocycles. The van der Waals surface area contributed by atoms with Gasteiger partial charge in [0.05, 0.1) is 5.41 Å². The minimum Gasteiger partial charge on any atom is -0.481 e. The minimum atomic E-state index is -0.885. The fraction of sp³-hybridized carbons (Fsp3) is 0.692. The molecule has 1 fully saturated rings. The van der Waals surface area contributed by atoms with Crippen molar-refractivity contribution in [1.82, 2.24) is 10.6 Å². The van der Waals surface area contributed by atoms with E-state index in [2.05, 4.69) is 10.6 Å². The maximum atomic E-state index is 11.7. The third kappa shape index (κ3) is 3.47. The van der Waals surface area contributed by atoms with Gasteiger partial charge in [-0.2, -0.15) is 0 Å². The molecule has 0 aromatic carbocycles. The number of hydrogen-bond donors (Lipinski definition) is 3. The molecule has 0 unspecified atom stereocenters. The zero-order chi connectivity index (χ0) is 13.7. The van der Waals surface area contributed by atoms with E-state index in [0.717, 1.165) is 12.8 Å². The second-order valence-corrected chi connectivity index (χ2v) is 5.16. The topological polar surface area (TPSA) is 87.7 Å². The van der Waals surface area contributed by atoms with Crippen molar-refractivity contribution in [3.05, 3.63) is 12.2 Å². The van der Waals surface area contributed by atoms with Crippen molar-refractivity contribution in [2.75, 3.05) is 19.8 Å². The number of carbonyl (C=O) groups is 2. The highest BCUT2D eigenvalue weighted by Crippen LogP contribution is 2.30. The molecular weight excluding hydrogens is 248 g/mol. The van der Waals surface area contributed by atoms with Crippen LogP contribution in [0.3, 0.4) is 0 Å². The van der Waals surface area contributed by atoms with Crippen LogP contribution in [0.4, 0.5) is 4.79 Å². The summed E-state index contributed by atoms with van der Waals surface area (Å²) in [7, 11) is 0. The van der Waals surface area contributed by atoms with Gasteiger partial charge in [0.1, 0.15) is 0 Å². The van der Waals surface area contributed by atoms with Gasteiger partial charge in [-0.1, -0.05) is 12.2 Å². The van der Waals surface area contributed by atoms with Crippen LogP contribution in [-0.2, 0) is 9.53 Å². The highest BCUT2D eigenvalue weighted by molar-refractivity contribution is 5.78. The third-order valence-corrected chi connectivity index (χ3v) is 3.83. The number of aliphatic carboxylic acids is 1. The van der Waals surface area contributed by atoms with Crippen LogP contribution in [0.5, 0.6) is 0 Å². The van der Waals surface area contributed by atoms with Crippen LogP contribution in [0, 0.1) is 5.41 Å². The molecule has 1 aliphatic heterocycles. The van der Waals surface area contributed by atoms with E-state index in [1.807, 2.05) is 12.2 Å². The molecule has 106 valence electrons. The summed E-state index contributed by atoms with van der Waals surface area (Å²) in [5, 5.41) is 14.9. The van der Waals surface area contributed by atoms with Crippen LogP contribution in [0.25, 0.3) is 0 Å². The van der Waals surface area contributed by atoms with Crippen molar-refractivity contribution >= 4 is 12.0 Å². The van der Waals surface area contributed by atoms with Gasteiger partial charge in [-0.25, -0.2) is 4.79 Å². The summed E-state index contributed by atoms with van der Waals surface area (Å²) in [6, 6.07) is -0.156. The molecule has 1 heterocycles. The molecule has 0 atom stereocenters. The van der Waals surface area contributed by atoms with Crippen LogP contribution < -0.4 is 10.6 Å². The Hall–Kier alpha value is -1.56. The molecule has 2 amide bonds. The largest absolute Gasteiger partial charge is 0.481 e. The van der Waals surface area contributed by atoms with Gasteiger partial charge in [0, 0.05) is 25.8 Å². The number of nitrogens with one attached hydrogen (secondary N) is 2. The van der Waals surface area contributed by atoms with Crippen molar-refractivity contribution in [3.63, 3.8) is 0 Å². The van der Waals surface area contributed by atoms with Gasteiger partial charge in [-0.05, 0) is 25.7 Å². The summed E-state index contributed by atoms with van der Waals surface area (Å²) in [5.41, 5.74) is -0.885. The molecule has 19 heavy (non-hydrogen) atoms. The average Bonchev–Trinajstić information content (AvgIpc) is 2.90. The summed E-state index contributed by atoms with van der Waals surface area (Å²) < 4.78 is 5.19. The first-order valence-electron chi connectivity index (χ1n) is 6.63. The molecule has 0 aromatic rings. The van der Waals surface area contributed by atoms with Crippen molar-refractivity contribution in [2.45, 2.75) is 31.7 Å². The lowest BCUT2D eigenvalue weighted by molar-refractivity contribution is -0.154. The smallest absolute Gasteiger partial charge is 0.315 e. The van der Waals surface area contributed by atoms with E-state index in [-0.39, 0.29) is 18.6 Å². The van der Waals surface area contributed by atoms with Crippen LogP contribution >= 0.6 is 0 Å². The van der Waals surface area contributed by atoms with Crippen molar-refractivity contribution in [1.29, 1.82) is 0 Å². The third-order valence-electron chi connectivity index (χ3n) is 3.83. The predicted molar refractivity (Wildman–Crippen MR) is 68.8 cm³/mol. The highest BCUT2D eigenvalue weighted by atomic mass is 16.5. The summed E-state index contributed by atoms with van der Waals surface area (Å²) >= 11 is 0. The lowest BCUT2D eigenvalue weighted by Crippen LogP contribution is -2.50. The Balaban J connectivity index is 1.81. The van der Waals surface area contributed by atoms with E-state index >= 15 is 0 Å². The van der Waals surface area contributed by atoms with Crippen LogP contribution in [0.2, 0.25) is 0 Å². The lowest BCUT2D eigenvalue weighted by atomic mass is 9.80. The highest BCUT2D eigenvalue weighted by Gasteiger charge is 2.40. The second-order valence-electron chi connectivity index (χ2n) is 5.16. The molecule has 6 heteroatoms. The molecular formula is C13H20N2O4. The molecule has 1 aliphatic carbocycles. The Bertz CT molecular complexity index is 367. The maximum Gasteiger partial charge on any atom is 0.315 e. The first kappa shape index (κ1) is 13.9. The van der Waals surface area contributed by atoms with Crippen molar-refractivity contribution in [2.24, 2.45) is 5.41 Å². The van der Waals surface area contributed by atoms with Gasteiger partial charge < -0.3 is 20.5 Å². The molecule has 2 aliphatic rings.